The lowest BCUT2D eigenvalue weighted by Gasteiger charge is -2.28. The Labute approximate surface area is 164 Å². The third-order valence-corrected chi connectivity index (χ3v) is 4.99. The minimum atomic E-state index is -0.651. The quantitative estimate of drug-likeness (QED) is 0.547. The van der Waals surface area contributed by atoms with Crippen LogP contribution in [0.1, 0.15) is 20.7 Å². The lowest BCUT2D eigenvalue weighted by molar-refractivity contribution is 0.0991. The molecular formula is C21H15N5O3. The predicted molar refractivity (Wildman–Crippen MR) is 106 cm³/mol. The van der Waals surface area contributed by atoms with Gasteiger partial charge in [-0.3, -0.25) is 9.59 Å². The van der Waals surface area contributed by atoms with E-state index in [0.717, 1.165) is 0 Å². The van der Waals surface area contributed by atoms with Gasteiger partial charge in [0.15, 0.2) is 11.5 Å². The maximum atomic E-state index is 12.5. The number of ether oxygens (including phenoxy) is 1. The zero-order chi connectivity index (χ0) is 20.3. The number of nitrogens with zero attached hydrogens (tertiary/aromatic N) is 3. The Hall–Kier alpha value is -4.20. The third-order valence-electron chi connectivity index (χ3n) is 4.99. The van der Waals surface area contributed by atoms with Gasteiger partial charge in [0.05, 0.1) is 27.9 Å². The van der Waals surface area contributed by atoms with E-state index in [1.54, 1.807) is 48.3 Å². The van der Waals surface area contributed by atoms with Gasteiger partial charge in [0.25, 0.3) is 11.8 Å². The Bertz CT molecular complexity index is 1360. The van der Waals surface area contributed by atoms with Crippen LogP contribution in [0.25, 0.3) is 0 Å². The van der Waals surface area contributed by atoms with Crippen molar-refractivity contribution < 1.29 is 14.3 Å². The smallest absolute Gasteiger partial charge is 0.253 e. The number of carbonyl (C=O) groups is 2. The molecule has 3 aromatic carbocycles. The van der Waals surface area contributed by atoms with Gasteiger partial charge in [0.1, 0.15) is 16.7 Å². The molecule has 5 rings (SSSR count). The number of carbonyl (C=O) groups excluding carboxylic acids is 2. The first kappa shape index (κ1) is 16.9. The van der Waals surface area contributed by atoms with Crippen LogP contribution in [0.4, 0.5) is 22.7 Å². The van der Waals surface area contributed by atoms with Gasteiger partial charge in [0.2, 0.25) is 0 Å². The number of hydrogen-bond donors (Lipinski definition) is 2. The predicted octanol–water partition coefficient (Wildman–Crippen LogP) is 1.97. The number of anilines is 2. The topological polar surface area (TPSA) is 123 Å². The molecule has 8 heteroatoms. The van der Waals surface area contributed by atoms with Gasteiger partial charge < -0.3 is 21.1 Å². The first-order valence-electron chi connectivity index (χ1n) is 8.83. The number of fused-ring (bicyclic) bond motifs is 4. The number of amides is 2. The molecule has 0 radical (unpaired) electrons. The van der Waals surface area contributed by atoms with E-state index in [9.17, 15) is 9.59 Å². The van der Waals surface area contributed by atoms with Gasteiger partial charge in [-0.25, -0.2) is 9.98 Å². The zero-order valence-electron chi connectivity index (χ0n) is 15.3. The van der Waals surface area contributed by atoms with Crippen molar-refractivity contribution >= 4 is 34.6 Å². The van der Waals surface area contributed by atoms with Crippen LogP contribution < -0.4 is 31.8 Å². The molecule has 2 aliphatic rings. The van der Waals surface area contributed by atoms with E-state index in [0.29, 0.717) is 45.0 Å². The van der Waals surface area contributed by atoms with E-state index in [2.05, 4.69) is 9.98 Å². The number of benzene rings is 3. The highest BCUT2D eigenvalue weighted by Crippen LogP contribution is 2.40. The number of rotatable bonds is 2. The summed E-state index contributed by atoms with van der Waals surface area (Å²) in [5.41, 5.74) is 13.9. The summed E-state index contributed by atoms with van der Waals surface area (Å²) >= 11 is 0. The standard InChI is InChI=1S/C21H15N5O3/c1-26-13-7-4-5-10(20(22)27)17(13)25-12-9-15-18(16(19(12)26)21(23)28)24-11-6-2-3-8-14(11)29-15/h2-9H,1H3,(H2,22,27)(H2,23,28). The van der Waals surface area contributed by atoms with Gasteiger partial charge in [-0.2, -0.15) is 0 Å². The van der Waals surface area contributed by atoms with Gasteiger partial charge in [-0.05, 0) is 24.3 Å². The van der Waals surface area contributed by atoms with Gasteiger partial charge in [0, 0.05) is 13.1 Å². The molecule has 0 aliphatic carbocycles. The Balaban J connectivity index is 1.90. The molecule has 8 nitrogen and oxygen atoms in total. The molecule has 0 aromatic heterocycles. The summed E-state index contributed by atoms with van der Waals surface area (Å²) in [6.45, 7) is 0. The van der Waals surface area contributed by atoms with Gasteiger partial charge >= 0.3 is 0 Å². The highest BCUT2D eigenvalue weighted by molar-refractivity contribution is 6.04. The molecule has 0 unspecified atom stereocenters. The van der Waals surface area contributed by atoms with Crippen LogP contribution in [0.15, 0.2) is 58.5 Å². The maximum Gasteiger partial charge on any atom is 0.253 e. The van der Waals surface area contributed by atoms with E-state index in [-0.39, 0.29) is 11.1 Å². The minimum absolute atomic E-state index is 0.202. The molecule has 0 bridgehead atoms. The van der Waals surface area contributed by atoms with Crippen molar-refractivity contribution in [2.45, 2.75) is 0 Å². The molecular weight excluding hydrogens is 370 g/mol. The van der Waals surface area contributed by atoms with Crippen molar-refractivity contribution in [2.75, 3.05) is 11.9 Å². The van der Waals surface area contributed by atoms with Gasteiger partial charge in [-0.15, -0.1) is 0 Å². The Morgan fingerprint density at radius 2 is 1.76 bits per heavy atom. The van der Waals surface area contributed by atoms with Crippen molar-refractivity contribution in [3.05, 3.63) is 70.4 Å². The lowest BCUT2D eigenvalue weighted by Crippen LogP contribution is -2.35. The second kappa shape index (κ2) is 5.90. The SMILES string of the molecule is CN1c2cccc(C(N)=O)c2N=c2cc3c(c(C(N)=O)c21)=Nc1ccccc1O3. The molecule has 0 spiro atoms. The molecule has 4 N–H and O–H groups in total. The van der Waals surface area contributed by atoms with Crippen molar-refractivity contribution in [1.82, 2.24) is 0 Å². The Kier molecular flexibility index (Phi) is 3.44. The fourth-order valence-electron chi connectivity index (χ4n) is 3.71. The average molecular weight is 385 g/mol. The molecule has 2 heterocycles. The van der Waals surface area contributed by atoms with Crippen molar-refractivity contribution in [1.29, 1.82) is 0 Å². The highest BCUT2D eigenvalue weighted by atomic mass is 16.5. The molecule has 3 aromatic rings. The molecule has 0 saturated carbocycles. The number of nitrogens with two attached hydrogens (primary N) is 2. The minimum Gasteiger partial charge on any atom is -0.453 e. The lowest BCUT2D eigenvalue weighted by atomic mass is 10.0. The van der Waals surface area contributed by atoms with E-state index in [4.69, 9.17) is 16.2 Å². The van der Waals surface area contributed by atoms with Crippen LogP contribution >= 0.6 is 0 Å². The van der Waals surface area contributed by atoms with Crippen molar-refractivity contribution in [3.63, 3.8) is 0 Å². The number of para-hydroxylation sites is 3. The third kappa shape index (κ3) is 2.39. The van der Waals surface area contributed by atoms with E-state index in [1.165, 1.54) is 0 Å². The first-order chi connectivity index (χ1) is 14.0. The van der Waals surface area contributed by atoms with Crippen LogP contribution in [-0.2, 0) is 0 Å². The number of hydrogen-bond acceptors (Lipinski definition) is 6. The normalized spacial score (nSPS) is 12.9. The fourth-order valence-corrected chi connectivity index (χ4v) is 3.71. The van der Waals surface area contributed by atoms with Crippen LogP contribution in [0.5, 0.6) is 11.5 Å². The Morgan fingerprint density at radius 1 is 0.966 bits per heavy atom. The van der Waals surface area contributed by atoms with Crippen LogP contribution in [0, 0.1) is 0 Å². The molecule has 2 aliphatic heterocycles. The van der Waals surface area contributed by atoms with Crippen LogP contribution in [0.2, 0.25) is 0 Å². The highest BCUT2D eigenvalue weighted by Gasteiger charge is 2.29. The van der Waals surface area contributed by atoms with E-state index in [1.807, 2.05) is 12.1 Å². The molecule has 0 atom stereocenters. The van der Waals surface area contributed by atoms with Gasteiger partial charge in [-0.1, -0.05) is 18.2 Å². The fraction of sp³-hybridized carbons (Fsp3) is 0.0476. The summed E-state index contributed by atoms with van der Waals surface area (Å²) in [5.74, 6) is -0.303. The Morgan fingerprint density at radius 3 is 2.52 bits per heavy atom. The van der Waals surface area contributed by atoms with E-state index < -0.39 is 11.8 Å². The summed E-state index contributed by atoms with van der Waals surface area (Å²) in [4.78, 5) is 35.3. The summed E-state index contributed by atoms with van der Waals surface area (Å²) in [7, 11) is 1.77. The maximum absolute atomic E-state index is 12.5. The average Bonchev–Trinajstić information content (AvgIpc) is 2.70. The summed E-state index contributed by atoms with van der Waals surface area (Å²) in [6, 6.07) is 14.1. The van der Waals surface area contributed by atoms with Crippen molar-refractivity contribution in [2.24, 2.45) is 21.5 Å². The van der Waals surface area contributed by atoms with Crippen LogP contribution in [0.3, 0.4) is 0 Å². The van der Waals surface area contributed by atoms with Crippen molar-refractivity contribution in [3.8, 4) is 11.5 Å². The molecule has 0 saturated heterocycles. The molecule has 0 fully saturated rings. The summed E-state index contributed by atoms with van der Waals surface area (Å²) in [6.07, 6.45) is 0. The second-order valence-electron chi connectivity index (χ2n) is 6.72. The second-order valence-corrected chi connectivity index (χ2v) is 6.72. The van der Waals surface area contributed by atoms with Crippen LogP contribution in [-0.4, -0.2) is 18.9 Å². The first-order valence-corrected chi connectivity index (χ1v) is 8.83. The van der Waals surface area contributed by atoms with E-state index >= 15 is 0 Å². The molecule has 142 valence electrons. The molecule has 29 heavy (non-hydrogen) atoms. The number of primary amides is 2. The monoisotopic (exact) mass is 385 g/mol. The summed E-state index contributed by atoms with van der Waals surface area (Å²) < 4.78 is 5.96. The zero-order valence-corrected chi connectivity index (χ0v) is 15.3. The molecule has 2 amide bonds. The largest absolute Gasteiger partial charge is 0.453 e. The summed E-state index contributed by atoms with van der Waals surface area (Å²) in [5, 5.41) is 0.794.